The van der Waals surface area contributed by atoms with E-state index in [-0.39, 0.29) is 17.1 Å². The van der Waals surface area contributed by atoms with Gasteiger partial charge < -0.3 is 25.3 Å². The van der Waals surface area contributed by atoms with Gasteiger partial charge >= 0.3 is 0 Å². The van der Waals surface area contributed by atoms with E-state index in [0.29, 0.717) is 35.2 Å². The first-order valence-electron chi connectivity index (χ1n) is 9.33. The van der Waals surface area contributed by atoms with Gasteiger partial charge in [-0.3, -0.25) is 4.79 Å². The van der Waals surface area contributed by atoms with E-state index in [1.165, 1.54) is 0 Å². The minimum atomic E-state index is -0.497. The van der Waals surface area contributed by atoms with Crippen molar-refractivity contribution in [2.75, 3.05) is 32.4 Å². The van der Waals surface area contributed by atoms with Gasteiger partial charge in [0.05, 0.1) is 21.3 Å². The van der Waals surface area contributed by atoms with E-state index in [0.717, 1.165) is 17.7 Å². The fourth-order valence-corrected chi connectivity index (χ4v) is 4.19. The van der Waals surface area contributed by atoms with E-state index in [9.17, 15) is 4.79 Å². The van der Waals surface area contributed by atoms with Gasteiger partial charge in [0.15, 0.2) is 17.3 Å². The third-order valence-electron chi connectivity index (χ3n) is 5.35. The molecule has 1 aromatic carbocycles. The molecule has 2 aliphatic rings. The fourth-order valence-electron chi connectivity index (χ4n) is 4.19. The van der Waals surface area contributed by atoms with Gasteiger partial charge in [0.2, 0.25) is 17.6 Å². The zero-order valence-corrected chi connectivity index (χ0v) is 17.2. The van der Waals surface area contributed by atoms with Gasteiger partial charge in [-0.15, -0.1) is 5.10 Å². The molecule has 9 heteroatoms. The summed E-state index contributed by atoms with van der Waals surface area (Å²) in [6, 6.07) is 3.16. The molecule has 154 valence electrons. The monoisotopic (exact) mass is 399 g/mol. The van der Waals surface area contributed by atoms with Crippen molar-refractivity contribution in [3.63, 3.8) is 0 Å². The number of ether oxygens (including phenoxy) is 3. The topological polar surface area (TPSA) is 114 Å². The average molecular weight is 399 g/mol. The first-order valence-corrected chi connectivity index (χ1v) is 9.33. The SMILES string of the molecule is COc1cc(C2C3=C(CC(C)(C)CC3=O)Nc3nc(N)nn32)cc(OC)c1OC. The number of hydrogen-bond acceptors (Lipinski definition) is 8. The van der Waals surface area contributed by atoms with Gasteiger partial charge in [-0.25, -0.2) is 4.68 Å². The molecule has 0 saturated heterocycles. The summed E-state index contributed by atoms with van der Waals surface area (Å²) in [7, 11) is 4.66. The van der Waals surface area contributed by atoms with E-state index >= 15 is 0 Å². The summed E-state index contributed by atoms with van der Waals surface area (Å²) in [4.78, 5) is 17.5. The largest absolute Gasteiger partial charge is 0.493 e. The zero-order valence-electron chi connectivity index (χ0n) is 17.2. The predicted molar refractivity (Wildman–Crippen MR) is 107 cm³/mol. The standard InChI is InChI=1S/C20H25N5O4/c1-20(2)8-11-15(12(26)9-20)16(25-19(22-11)23-18(21)24-25)10-6-13(27-3)17(29-5)14(7-10)28-4/h6-7,16H,8-9H2,1-5H3,(H3,21,22,23,24). The number of nitrogens with two attached hydrogens (primary N) is 1. The van der Waals surface area contributed by atoms with Gasteiger partial charge in [0.25, 0.3) is 0 Å². The minimum Gasteiger partial charge on any atom is -0.493 e. The third kappa shape index (κ3) is 3.06. The molecular formula is C20H25N5O4. The van der Waals surface area contributed by atoms with Gasteiger partial charge in [-0.2, -0.15) is 4.98 Å². The second-order valence-electron chi connectivity index (χ2n) is 8.06. The van der Waals surface area contributed by atoms with Crippen molar-refractivity contribution in [2.24, 2.45) is 5.41 Å². The molecule has 4 rings (SSSR count). The summed E-state index contributed by atoms with van der Waals surface area (Å²) in [5, 5.41) is 7.61. The van der Waals surface area contributed by atoms with Crippen molar-refractivity contribution < 1.29 is 19.0 Å². The molecule has 9 nitrogen and oxygen atoms in total. The lowest BCUT2D eigenvalue weighted by Crippen LogP contribution is -2.36. The van der Waals surface area contributed by atoms with E-state index in [4.69, 9.17) is 19.9 Å². The lowest BCUT2D eigenvalue weighted by molar-refractivity contribution is -0.118. The normalized spacial score (nSPS) is 19.9. The second-order valence-corrected chi connectivity index (χ2v) is 8.06. The number of carbonyl (C=O) groups excluding carboxylic acids is 1. The number of carbonyl (C=O) groups is 1. The molecule has 29 heavy (non-hydrogen) atoms. The van der Waals surface area contributed by atoms with Crippen molar-refractivity contribution in [3.8, 4) is 17.2 Å². The Morgan fingerprint density at radius 1 is 1.14 bits per heavy atom. The summed E-state index contributed by atoms with van der Waals surface area (Å²) in [6.45, 7) is 4.16. The average Bonchev–Trinajstić information content (AvgIpc) is 3.03. The first-order chi connectivity index (χ1) is 13.8. The van der Waals surface area contributed by atoms with Crippen LogP contribution in [0.5, 0.6) is 17.2 Å². The Balaban J connectivity index is 1.95. The zero-order chi connectivity index (χ0) is 20.9. The number of aromatic nitrogens is 3. The molecule has 1 atom stereocenters. The molecule has 1 unspecified atom stereocenters. The minimum absolute atomic E-state index is 0.0715. The maximum atomic E-state index is 13.2. The van der Waals surface area contributed by atoms with Crippen LogP contribution in [-0.4, -0.2) is 41.9 Å². The van der Waals surface area contributed by atoms with Crippen LogP contribution in [0.2, 0.25) is 0 Å². The first kappa shape index (κ1) is 19.1. The molecule has 3 N–H and O–H groups in total. The maximum absolute atomic E-state index is 13.2. The maximum Gasteiger partial charge on any atom is 0.241 e. The molecule has 0 saturated carbocycles. The highest BCUT2D eigenvalue weighted by molar-refractivity contribution is 6.00. The van der Waals surface area contributed by atoms with Crippen LogP contribution in [0.4, 0.5) is 11.9 Å². The molecule has 0 radical (unpaired) electrons. The number of allylic oxidation sites excluding steroid dienone is 2. The highest BCUT2D eigenvalue weighted by Crippen LogP contribution is 2.48. The predicted octanol–water partition coefficient (Wildman–Crippen LogP) is 2.54. The lowest BCUT2D eigenvalue weighted by atomic mass is 9.73. The van der Waals surface area contributed by atoms with Gasteiger partial charge in [-0.05, 0) is 29.5 Å². The molecule has 1 aromatic heterocycles. The number of nitrogens with zero attached hydrogens (tertiary/aromatic N) is 3. The highest BCUT2D eigenvalue weighted by Gasteiger charge is 2.42. The van der Waals surface area contributed by atoms with E-state index in [2.05, 4.69) is 29.2 Å². The molecule has 1 aliphatic carbocycles. The summed E-state index contributed by atoms with van der Waals surface area (Å²) in [6.07, 6.45) is 1.18. The fraction of sp³-hybridized carbons (Fsp3) is 0.450. The third-order valence-corrected chi connectivity index (χ3v) is 5.35. The van der Waals surface area contributed by atoms with Crippen LogP contribution in [-0.2, 0) is 4.79 Å². The number of rotatable bonds is 4. The second kappa shape index (κ2) is 6.68. The van der Waals surface area contributed by atoms with E-state index in [1.54, 1.807) is 26.0 Å². The Bertz CT molecular complexity index is 999. The molecule has 0 fully saturated rings. The Morgan fingerprint density at radius 2 is 1.79 bits per heavy atom. The van der Waals surface area contributed by atoms with Crippen molar-refractivity contribution >= 4 is 17.7 Å². The van der Waals surface area contributed by atoms with Crippen molar-refractivity contribution in [2.45, 2.75) is 32.7 Å². The number of nitrogens with one attached hydrogen (secondary N) is 1. The van der Waals surface area contributed by atoms with Crippen LogP contribution in [0.1, 0.15) is 38.3 Å². The molecule has 0 bridgehead atoms. The van der Waals surface area contributed by atoms with E-state index < -0.39 is 6.04 Å². The van der Waals surface area contributed by atoms with Crippen LogP contribution in [0.15, 0.2) is 23.4 Å². The number of ketones is 1. The number of fused-ring (bicyclic) bond motifs is 1. The molecule has 2 heterocycles. The number of methoxy groups -OCH3 is 3. The van der Waals surface area contributed by atoms with Crippen LogP contribution < -0.4 is 25.3 Å². The molecule has 0 spiro atoms. The van der Waals surface area contributed by atoms with Crippen molar-refractivity contribution in [1.29, 1.82) is 0 Å². The Labute approximate surface area is 168 Å². The molecular weight excluding hydrogens is 374 g/mol. The highest BCUT2D eigenvalue weighted by atomic mass is 16.5. The number of Topliss-reactive ketones (excluding diaryl/α,β-unsaturated/α-hetero) is 1. The number of anilines is 2. The van der Waals surface area contributed by atoms with Gasteiger partial charge in [0, 0.05) is 17.7 Å². The van der Waals surface area contributed by atoms with Crippen LogP contribution >= 0.6 is 0 Å². The summed E-state index contributed by atoms with van der Waals surface area (Å²) < 4.78 is 18.1. The lowest BCUT2D eigenvalue weighted by Gasteiger charge is -2.38. The number of hydrogen-bond donors (Lipinski definition) is 2. The summed E-state index contributed by atoms with van der Waals surface area (Å²) in [5.41, 5.74) is 8.02. The van der Waals surface area contributed by atoms with Crippen LogP contribution in [0.3, 0.4) is 0 Å². The summed E-state index contributed by atoms with van der Waals surface area (Å²) in [5.74, 6) is 2.20. The molecule has 0 amide bonds. The van der Waals surface area contributed by atoms with Crippen molar-refractivity contribution in [3.05, 3.63) is 29.0 Å². The van der Waals surface area contributed by atoms with Crippen molar-refractivity contribution in [1.82, 2.24) is 14.8 Å². The Morgan fingerprint density at radius 3 is 2.38 bits per heavy atom. The van der Waals surface area contributed by atoms with Gasteiger partial charge in [0.1, 0.15) is 6.04 Å². The van der Waals surface area contributed by atoms with Crippen LogP contribution in [0.25, 0.3) is 0 Å². The quantitative estimate of drug-likeness (QED) is 0.806. The molecule has 1 aliphatic heterocycles. The Hall–Kier alpha value is -3.23. The number of benzene rings is 1. The Kier molecular flexibility index (Phi) is 4.40. The molecule has 2 aromatic rings. The van der Waals surface area contributed by atoms with Crippen LogP contribution in [0, 0.1) is 5.41 Å². The smallest absolute Gasteiger partial charge is 0.241 e. The van der Waals surface area contributed by atoms with Gasteiger partial charge in [-0.1, -0.05) is 13.8 Å². The number of nitrogen functional groups attached to an aromatic ring is 1. The summed E-state index contributed by atoms with van der Waals surface area (Å²) >= 11 is 0. The van der Waals surface area contributed by atoms with E-state index in [1.807, 2.05) is 12.1 Å².